The van der Waals surface area contributed by atoms with Crippen LogP contribution in [0.25, 0.3) is 0 Å². The maximum atomic E-state index is 13.2. The van der Waals surface area contributed by atoms with Crippen molar-refractivity contribution in [3.63, 3.8) is 0 Å². The van der Waals surface area contributed by atoms with Gasteiger partial charge in [-0.15, -0.1) is 0 Å². The molecule has 0 aromatic heterocycles. The van der Waals surface area contributed by atoms with Crippen LogP contribution >= 0.6 is 0 Å². The van der Waals surface area contributed by atoms with Crippen LogP contribution in [0.4, 0.5) is 0 Å². The molecule has 0 heterocycles. The van der Waals surface area contributed by atoms with Crippen LogP contribution in [-0.4, -0.2) is 46.9 Å². The Morgan fingerprint density at radius 3 is 1.23 bits per heavy atom. The van der Waals surface area contributed by atoms with Gasteiger partial charge in [0, 0.05) is 6.42 Å². The summed E-state index contributed by atoms with van der Waals surface area (Å²) < 4.78 is 5.89. The first-order valence-corrected chi connectivity index (χ1v) is 26.2. The molecule has 62 heavy (non-hydrogen) atoms. The Morgan fingerprint density at radius 2 is 0.839 bits per heavy atom. The summed E-state index contributed by atoms with van der Waals surface area (Å²) in [5.41, 5.74) is 0. The van der Waals surface area contributed by atoms with E-state index in [9.17, 15) is 19.8 Å². The van der Waals surface area contributed by atoms with Crippen LogP contribution < -0.4 is 5.32 Å². The first-order chi connectivity index (χ1) is 30.5. The van der Waals surface area contributed by atoms with Crippen LogP contribution in [0.15, 0.2) is 72.9 Å². The summed E-state index contributed by atoms with van der Waals surface area (Å²) in [7, 11) is 0. The predicted octanol–water partition coefficient (Wildman–Crippen LogP) is 15.8. The van der Waals surface area contributed by atoms with Crippen LogP contribution in [0.2, 0.25) is 0 Å². The molecule has 0 aromatic rings. The van der Waals surface area contributed by atoms with Gasteiger partial charge >= 0.3 is 5.97 Å². The lowest BCUT2D eigenvalue weighted by Gasteiger charge is -2.24. The largest absolute Gasteiger partial charge is 0.462 e. The molecule has 358 valence electrons. The van der Waals surface area contributed by atoms with E-state index in [1.165, 1.54) is 116 Å². The molecule has 0 aliphatic carbocycles. The van der Waals surface area contributed by atoms with E-state index in [2.05, 4.69) is 92.9 Å². The van der Waals surface area contributed by atoms with Gasteiger partial charge in [0.25, 0.3) is 0 Å². The molecule has 3 N–H and O–H groups in total. The molecule has 1 amide bonds. The molecule has 0 saturated carbocycles. The highest BCUT2D eigenvalue weighted by molar-refractivity contribution is 5.77. The molecule has 0 radical (unpaired) electrons. The average molecular weight is 866 g/mol. The quantitative estimate of drug-likeness (QED) is 0.0322. The first kappa shape index (κ1) is 59.3. The molecule has 0 spiro atoms. The van der Waals surface area contributed by atoms with E-state index in [-0.39, 0.29) is 31.3 Å². The lowest BCUT2D eigenvalue weighted by Crippen LogP contribution is -2.46. The molecule has 0 fully saturated rings. The van der Waals surface area contributed by atoms with Crippen LogP contribution in [0.3, 0.4) is 0 Å². The SMILES string of the molecule is CC/C=C\C/C=C\C/C=C\C/C=C\C/C=C\C/C=C\CCC(=O)OC(CCCCCCCCCCCCCC)CC(=O)NC(CO)C(O)CCCCCCCCCCCCCC. The second-order valence-corrected chi connectivity index (χ2v) is 17.5. The Kier molecular flexibility index (Phi) is 47.2. The normalized spacial score (nSPS) is 13.8. The molecule has 3 atom stereocenters. The standard InChI is InChI=1S/C56H99NO5/c1-4-7-10-13-16-19-22-25-26-27-28-29-30-31-34-37-40-43-46-49-56(61)62-52(47-44-41-38-35-32-23-20-17-14-11-8-5-2)50-55(60)57-53(51-58)54(59)48-45-42-39-36-33-24-21-18-15-12-9-6-3/h7,10,16,19,25-26,28-29,31,34,40,43,52-54,58-59H,4-6,8-9,11-15,17-18,20-24,27,30,32-33,35-39,41-42,44-51H2,1-3H3,(H,57,60)/b10-7-,19-16-,26-25-,29-28-,34-31-,43-40-. The molecular weight excluding hydrogens is 767 g/mol. The fourth-order valence-electron chi connectivity index (χ4n) is 7.63. The second kappa shape index (κ2) is 49.3. The van der Waals surface area contributed by atoms with Gasteiger partial charge in [-0.3, -0.25) is 9.59 Å². The zero-order valence-corrected chi connectivity index (χ0v) is 40.7. The van der Waals surface area contributed by atoms with Crippen molar-refractivity contribution in [1.29, 1.82) is 0 Å². The molecule has 0 aliphatic rings. The molecule has 6 nitrogen and oxygen atoms in total. The zero-order chi connectivity index (χ0) is 45.2. The molecular formula is C56H99NO5. The number of ether oxygens (including phenoxy) is 1. The highest BCUT2D eigenvalue weighted by Crippen LogP contribution is 2.18. The van der Waals surface area contributed by atoms with Crippen molar-refractivity contribution in [2.45, 2.75) is 264 Å². The molecule has 0 saturated heterocycles. The fourth-order valence-corrected chi connectivity index (χ4v) is 7.63. The highest BCUT2D eigenvalue weighted by atomic mass is 16.5. The van der Waals surface area contributed by atoms with Crippen molar-refractivity contribution in [2.75, 3.05) is 6.61 Å². The third-order valence-electron chi connectivity index (χ3n) is 11.6. The Hall–Kier alpha value is -2.70. The lowest BCUT2D eigenvalue weighted by molar-refractivity contribution is -0.150. The number of unbranched alkanes of at least 4 members (excludes halogenated alkanes) is 22. The average Bonchev–Trinajstić information content (AvgIpc) is 3.26. The summed E-state index contributed by atoms with van der Waals surface area (Å²) in [6.07, 6.45) is 62.5. The maximum absolute atomic E-state index is 13.2. The van der Waals surface area contributed by atoms with E-state index in [1.54, 1.807) is 0 Å². The first-order valence-electron chi connectivity index (χ1n) is 26.2. The maximum Gasteiger partial charge on any atom is 0.306 e. The van der Waals surface area contributed by atoms with Gasteiger partial charge < -0.3 is 20.3 Å². The van der Waals surface area contributed by atoms with Gasteiger partial charge in [0.2, 0.25) is 5.91 Å². The summed E-state index contributed by atoms with van der Waals surface area (Å²) in [5, 5.41) is 23.7. The van der Waals surface area contributed by atoms with E-state index in [1.807, 2.05) is 6.08 Å². The van der Waals surface area contributed by atoms with Crippen LogP contribution in [-0.2, 0) is 14.3 Å². The molecule has 0 aromatic carbocycles. The van der Waals surface area contributed by atoms with E-state index in [0.717, 1.165) is 77.0 Å². The number of allylic oxidation sites excluding steroid dienone is 12. The van der Waals surface area contributed by atoms with Gasteiger partial charge in [0.15, 0.2) is 0 Å². The molecule has 0 aliphatic heterocycles. The minimum atomic E-state index is -0.800. The predicted molar refractivity (Wildman–Crippen MR) is 268 cm³/mol. The van der Waals surface area contributed by atoms with Crippen molar-refractivity contribution in [1.82, 2.24) is 5.32 Å². The number of carbonyl (C=O) groups is 2. The number of rotatable bonds is 46. The third kappa shape index (κ3) is 43.9. The molecule has 3 unspecified atom stereocenters. The van der Waals surface area contributed by atoms with Gasteiger partial charge in [-0.2, -0.15) is 0 Å². The number of nitrogens with one attached hydrogen (secondary N) is 1. The van der Waals surface area contributed by atoms with Crippen molar-refractivity contribution in [3.8, 4) is 0 Å². The summed E-state index contributed by atoms with van der Waals surface area (Å²) in [6.45, 7) is 6.35. The minimum absolute atomic E-state index is 0.0471. The smallest absolute Gasteiger partial charge is 0.306 e. The number of hydrogen-bond acceptors (Lipinski definition) is 5. The Balaban J connectivity index is 4.66. The number of aliphatic hydroxyl groups is 2. The van der Waals surface area contributed by atoms with Gasteiger partial charge in [-0.25, -0.2) is 0 Å². The summed E-state index contributed by atoms with van der Waals surface area (Å²) in [5.74, 6) is -0.571. The fraction of sp³-hybridized carbons (Fsp3) is 0.750. The van der Waals surface area contributed by atoms with Crippen molar-refractivity contribution in [2.24, 2.45) is 0 Å². The molecule has 0 bridgehead atoms. The van der Waals surface area contributed by atoms with E-state index >= 15 is 0 Å². The zero-order valence-electron chi connectivity index (χ0n) is 40.7. The van der Waals surface area contributed by atoms with E-state index in [0.29, 0.717) is 19.3 Å². The Bertz CT molecular complexity index is 1150. The number of carbonyl (C=O) groups excluding carboxylic acids is 2. The van der Waals surface area contributed by atoms with Gasteiger partial charge in [0.05, 0.1) is 25.2 Å². The number of esters is 1. The summed E-state index contributed by atoms with van der Waals surface area (Å²) in [6, 6.07) is -0.716. The van der Waals surface area contributed by atoms with Gasteiger partial charge in [-0.1, -0.05) is 241 Å². The topological polar surface area (TPSA) is 95.9 Å². The van der Waals surface area contributed by atoms with Crippen LogP contribution in [0.1, 0.15) is 245 Å². The number of hydrogen-bond donors (Lipinski definition) is 3. The summed E-state index contributed by atoms with van der Waals surface area (Å²) in [4.78, 5) is 26.1. The Labute approximate surface area is 383 Å². The van der Waals surface area contributed by atoms with Gasteiger partial charge in [0.1, 0.15) is 6.10 Å². The monoisotopic (exact) mass is 866 g/mol. The van der Waals surface area contributed by atoms with Crippen LogP contribution in [0.5, 0.6) is 0 Å². The molecule has 6 heteroatoms. The second-order valence-electron chi connectivity index (χ2n) is 17.5. The third-order valence-corrected chi connectivity index (χ3v) is 11.6. The van der Waals surface area contributed by atoms with Crippen molar-refractivity contribution in [3.05, 3.63) is 72.9 Å². The van der Waals surface area contributed by atoms with Crippen molar-refractivity contribution >= 4 is 11.9 Å². The lowest BCUT2D eigenvalue weighted by atomic mass is 10.0. The minimum Gasteiger partial charge on any atom is -0.462 e. The van der Waals surface area contributed by atoms with Crippen molar-refractivity contribution < 1.29 is 24.5 Å². The Morgan fingerprint density at radius 1 is 0.484 bits per heavy atom. The number of aliphatic hydroxyl groups excluding tert-OH is 2. The van der Waals surface area contributed by atoms with Gasteiger partial charge in [-0.05, 0) is 64.2 Å². The van der Waals surface area contributed by atoms with Crippen LogP contribution in [0, 0.1) is 0 Å². The molecule has 0 rings (SSSR count). The number of amides is 1. The van der Waals surface area contributed by atoms with E-state index < -0.39 is 18.2 Å². The summed E-state index contributed by atoms with van der Waals surface area (Å²) >= 11 is 0. The highest BCUT2D eigenvalue weighted by Gasteiger charge is 2.24. The van der Waals surface area contributed by atoms with E-state index in [4.69, 9.17) is 4.74 Å².